The van der Waals surface area contributed by atoms with Gasteiger partial charge in [0, 0.05) is 32.2 Å². The zero-order valence-electron chi connectivity index (χ0n) is 17.0. The highest BCUT2D eigenvalue weighted by Crippen LogP contribution is 2.28. The predicted octanol–water partition coefficient (Wildman–Crippen LogP) is 2.44. The van der Waals surface area contributed by atoms with Gasteiger partial charge in [-0.3, -0.25) is 4.79 Å². The van der Waals surface area contributed by atoms with Crippen LogP contribution in [0.1, 0.15) is 43.7 Å². The summed E-state index contributed by atoms with van der Waals surface area (Å²) < 4.78 is 0. The molecule has 1 aliphatic heterocycles. The number of amides is 1. The molecule has 29 heavy (non-hydrogen) atoms. The number of benzene rings is 1. The smallest absolute Gasteiger partial charge is 0.243 e. The molecule has 2 aromatic rings. The number of likely N-dealkylation sites (N-methyl/N-ethyl adjacent to an activating group) is 1. The molecule has 2 aliphatic rings. The van der Waals surface area contributed by atoms with Gasteiger partial charge >= 0.3 is 0 Å². The van der Waals surface area contributed by atoms with E-state index >= 15 is 0 Å². The lowest BCUT2D eigenvalue weighted by Crippen LogP contribution is -2.46. The molecule has 2 fully saturated rings. The van der Waals surface area contributed by atoms with Gasteiger partial charge in [-0.15, -0.1) is 0 Å². The van der Waals surface area contributed by atoms with Crippen LogP contribution in [0.5, 0.6) is 0 Å². The van der Waals surface area contributed by atoms with E-state index in [0.717, 1.165) is 57.4 Å². The quantitative estimate of drug-likeness (QED) is 0.860. The maximum absolute atomic E-state index is 13.0. The van der Waals surface area contributed by atoms with Crippen LogP contribution in [0.15, 0.2) is 24.3 Å². The molecule has 1 amide bonds. The first-order valence-electron chi connectivity index (χ1n) is 10.6. The molecule has 0 unspecified atom stereocenters. The molecule has 1 saturated heterocycles. The second-order valence-corrected chi connectivity index (χ2v) is 8.12. The van der Waals surface area contributed by atoms with Crippen molar-refractivity contribution in [2.75, 3.05) is 38.1 Å². The summed E-state index contributed by atoms with van der Waals surface area (Å²) in [6.45, 7) is 3.44. The number of fused-ring (bicyclic) bond motifs is 1. The van der Waals surface area contributed by atoms with Crippen LogP contribution in [0, 0.1) is 11.3 Å². The second kappa shape index (κ2) is 8.75. The Labute approximate surface area is 171 Å². The average Bonchev–Trinajstić information content (AvgIpc) is 2.75. The largest absolute Gasteiger partial charge is 0.352 e. The highest BCUT2D eigenvalue weighted by Gasteiger charge is 2.31. The number of aromatic nitrogens is 2. The number of anilines is 1. The van der Waals surface area contributed by atoms with Gasteiger partial charge in [-0.1, -0.05) is 31.4 Å². The lowest BCUT2D eigenvalue weighted by Gasteiger charge is -2.34. The minimum atomic E-state index is -0.955. The van der Waals surface area contributed by atoms with Crippen molar-refractivity contribution in [1.29, 1.82) is 5.26 Å². The Bertz CT molecular complexity index is 909. The minimum Gasteiger partial charge on any atom is -0.352 e. The summed E-state index contributed by atoms with van der Waals surface area (Å²) in [5.74, 6) is -0.537. The van der Waals surface area contributed by atoms with Gasteiger partial charge in [0.15, 0.2) is 11.7 Å². The fourth-order valence-corrected chi connectivity index (χ4v) is 4.22. The van der Waals surface area contributed by atoms with E-state index in [1.54, 1.807) is 0 Å². The van der Waals surface area contributed by atoms with E-state index in [0.29, 0.717) is 17.0 Å². The van der Waals surface area contributed by atoms with Crippen molar-refractivity contribution in [3.63, 3.8) is 0 Å². The zero-order chi connectivity index (χ0) is 20.2. The standard InChI is InChI=1S/C22H28N6O/c1-27-11-13-28(14-12-27)21-20(25-18-9-5-6-10-19(18)26-21)17(15-23)22(29)24-16-7-3-2-4-8-16/h5-6,9-10,16-17H,2-4,7-8,11-14H2,1H3,(H,24,29)/t17-/m0/s1. The van der Waals surface area contributed by atoms with E-state index in [1.165, 1.54) is 6.42 Å². The maximum atomic E-state index is 13.0. The first-order valence-corrected chi connectivity index (χ1v) is 10.6. The van der Waals surface area contributed by atoms with Crippen LogP contribution in [0.2, 0.25) is 0 Å². The Balaban J connectivity index is 1.68. The summed E-state index contributed by atoms with van der Waals surface area (Å²) in [7, 11) is 2.10. The summed E-state index contributed by atoms with van der Waals surface area (Å²) in [5.41, 5.74) is 1.98. The van der Waals surface area contributed by atoms with Crippen molar-refractivity contribution < 1.29 is 4.79 Å². The first-order chi connectivity index (χ1) is 14.2. The SMILES string of the molecule is CN1CCN(c2nc3ccccc3nc2[C@H](C#N)C(=O)NC2CCCCC2)CC1. The highest BCUT2D eigenvalue weighted by atomic mass is 16.2. The van der Waals surface area contributed by atoms with Crippen molar-refractivity contribution in [2.24, 2.45) is 0 Å². The number of para-hydroxylation sites is 2. The molecule has 1 aliphatic carbocycles. The maximum Gasteiger partial charge on any atom is 0.243 e. The summed E-state index contributed by atoms with van der Waals surface area (Å²) in [5, 5.41) is 13.0. The summed E-state index contributed by atoms with van der Waals surface area (Å²) in [6.07, 6.45) is 5.45. The van der Waals surface area contributed by atoms with E-state index in [-0.39, 0.29) is 11.9 Å². The van der Waals surface area contributed by atoms with Gasteiger partial charge in [0.25, 0.3) is 0 Å². The normalized spacial score (nSPS) is 19.7. The number of nitrogens with zero attached hydrogens (tertiary/aromatic N) is 5. The molecule has 7 nitrogen and oxygen atoms in total. The third-order valence-electron chi connectivity index (χ3n) is 6.00. The molecule has 4 rings (SSSR count). The molecule has 0 spiro atoms. The van der Waals surface area contributed by atoms with Crippen molar-refractivity contribution in [3.05, 3.63) is 30.0 Å². The van der Waals surface area contributed by atoms with Gasteiger partial charge in [-0.2, -0.15) is 5.26 Å². The Morgan fingerprint density at radius 2 is 1.76 bits per heavy atom. The van der Waals surface area contributed by atoms with Crippen LogP contribution in [0.25, 0.3) is 11.0 Å². The van der Waals surface area contributed by atoms with Crippen molar-refractivity contribution in [2.45, 2.75) is 44.1 Å². The Hall–Kier alpha value is -2.72. The van der Waals surface area contributed by atoms with Gasteiger partial charge in [0.2, 0.25) is 5.91 Å². The number of hydrogen-bond acceptors (Lipinski definition) is 6. The molecule has 0 bridgehead atoms. The van der Waals surface area contributed by atoms with Crippen LogP contribution < -0.4 is 10.2 Å². The number of carbonyl (C=O) groups is 1. The van der Waals surface area contributed by atoms with E-state index < -0.39 is 5.92 Å². The van der Waals surface area contributed by atoms with Crippen LogP contribution >= 0.6 is 0 Å². The number of rotatable bonds is 4. The first kappa shape index (κ1) is 19.6. The highest BCUT2D eigenvalue weighted by molar-refractivity contribution is 5.89. The Morgan fingerprint density at radius 1 is 1.10 bits per heavy atom. The van der Waals surface area contributed by atoms with Crippen LogP contribution in [0.4, 0.5) is 5.82 Å². The minimum absolute atomic E-state index is 0.160. The van der Waals surface area contributed by atoms with Gasteiger partial charge in [-0.25, -0.2) is 9.97 Å². The van der Waals surface area contributed by atoms with Crippen LogP contribution in [-0.2, 0) is 4.79 Å². The Kier molecular flexibility index (Phi) is 5.91. The van der Waals surface area contributed by atoms with Crippen molar-refractivity contribution in [3.8, 4) is 6.07 Å². The molecule has 1 aromatic carbocycles. The number of hydrogen-bond donors (Lipinski definition) is 1. The lowest BCUT2D eigenvalue weighted by atomic mass is 9.94. The molecule has 1 aromatic heterocycles. The van der Waals surface area contributed by atoms with E-state index in [2.05, 4.69) is 28.2 Å². The predicted molar refractivity (Wildman–Crippen MR) is 113 cm³/mol. The number of piperazine rings is 1. The monoisotopic (exact) mass is 392 g/mol. The number of nitrogens with one attached hydrogen (secondary N) is 1. The second-order valence-electron chi connectivity index (χ2n) is 8.12. The molecular weight excluding hydrogens is 364 g/mol. The molecule has 152 valence electrons. The fraction of sp³-hybridized carbons (Fsp3) is 0.545. The molecule has 0 radical (unpaired) electrons. The van der Waals surface area contributed by atoms with E-state index in [4.69, 9.17) is 9.97 Å². The summed E-state index contributed by atoms with van der Waals surface area (Å²) in [4.78, 5) is 27.1. The van der Waals surface area contributed by atoms with Crippen LogP contribution in [-0.4, -0.2) is 60.0 Å². The molecule has 1 N–H and O–H groups in total. The summed E-state index contributed by atoms with van der Waals surface area (Å²) in [6, 6.07) is 10.0. The number of carbonyl (C=O) groups excluding carboxylic acids is 1. The van der Waals surface area contributed by atoms with Crippen molar-refractivity contribution in [1.82, 2.24) is 20.2 Å². The molecule has 1 saturated carbocycles. The third kappa shape index (κ3) is 4.33. The van der Waals surface area contributed by atoms with Gasteiger partial charge in [-0.05, 0) is 32.0 Å². The molecular formula is C22H28N6O. The third-order valence-corrected chi connectivity index (χ3v) is 6.00. The van der Waals surface area contributed by atoms with E-state index in [9.17, 15) is 10.1 Å². The fourth-order valence-electron chi connectivity index (χ4n) is 4.22. The lowest BCUT2D eigenvalue weighted by molar-refractivity contribution is -0.122. The molecule has 2 heterocycles. The Morgan fingerprint density at radius 3 is 2.41 bits per heavy atom. The van der Waals surface area contributed by atoms with Crippen molar-refractivity contribution >= 4 is 22.8 Å². The van der Waals surface area contributed by atoms with Gasteiger partial charge in [0.05, 0.1) is 17.1 Å². The van der Waals surface area contributed by atoms with Gasteiger partial charge < -0.3 is 15.1 Å². The van der Waals surface area contributed by atoms with Crippen LogP contribution in [0.3, 0.4) is 0 Å². The molecule has 7 heteroatoms. The summed E-state index contributed by atoms with van der Waals surface area (Å²) >= 11 is 0. The van der Waals surface area contributed by atoms with Gasteiger partial charge in [0.1, 0.15) is 5.69 Å². The average molecular weight is 393 g/mol. The zero-order valence-corrected chi connectivity index (χ0v) is 17.0. The number of nitriles is 1. The molecule has 1 atom stereocenters. The van der Waals surface area contributed by atoms with E-state index in [1.807, 2.05) is 24.3 Å². The topological polar surface area (TPSA) is 85.2 Å².